The summed E-state index contributed by atoms with van der Waals surface area (Å²) in [5.41, 5.74) is 0.660. The maximum atomic E-state index is 12.2. The van der Waals surface area contributed by atoms with E-state index < -0.39 is 0 Å². The van der Waals surface area contributed by atoms with Gasteiger partial charge in [0.2, 0.25) is 5.91 Å². The Bertz CT molecular complexity index is 493. The molecule has 1 amide bonds. The van der Waals surface area contributed by atoms with E-state index in [2.05, 4.69) is 17.6 Å². The van der Waals surface area contributed by atoms with Crippen LogP contribution in [0.4, 0.5) is 5.69 Å². The van der Waals surface area contributed by atoms with E-state index in [0.717, 1.165) is 6.54 Å². The topological polar surface area (TPSA) is 79.8 Å². The summed E-state index contributed by atoms with van der Waals surface area (Å²) in [5.74, 6) is 1.38. The lowest BCUT2D eigenvalue weighted by atomic mass is 9.97. The van der Waals surface area contributed by atoms with Crippen LogP contribution in [-0.4, -0.2) is 44.4 Å². The van der Waals surface area contributed by atoms with Gasteiger partial charge in [-0.1, -0.05) is 6.92 Å². The van der Waals surface area contributed by atoms with Crippen molar-refractivity contribution >= 4 is 11.6 Å². The van der Waals surface area contributed by atoms with Crippen LogP contribution in [0.2, 0.25) is 0 Å². The number of aliphatic hydroxyl groups excluding tert-OH is 1. The Morgan fingerprint density at radius 2 is 2.24 bits per heavy atom. The van der Waals surface area contributed by atoms with Gasteiger partial charge in [-0.3, -0.25) is 4.79 Å². The lowest BCUT2D eigenvalue weighted by molar-refractivity contribution is -0.120. The van der Waals surface area contributed by atoms with Gasteiger partial charge in [0, 0.05) is 18.3 Å². The Morgan fingerprint density at radius 3 is 2.86 bits per heavy atom. The van der Waals surface area contributed by atoms with E-state index in [1.807, 2.05) is 0 Å². The summed E-state index contributed by atoms with van der Waals surface area (Å²) in [6.07, 6.45) is 0. The van der Waals surface area contributed by atoms with Crippen LogP contribution in [0.5, 0.6) is 11.5 Å². The Morgan fingerprint density at radius 1 is 1.43 bits per heavy atom. The number of hydrogen-bond donors (Lipinski definition) is 3. The van der Waals surface area contributed by atoms with Gasteiger partial charge in [0.1, 0.15) is 6.61 Å². The third kappa shape index (κ3) is 3.86. The Labute approximate surface area is 124 Å². The Hall–Kier alpha value is -1.79. The molecule has 1 aromatic carbocycles. The fourth-order valence-corrected chi connectivity index (χ4v) is 2.42. The highest BCUT2D eigenvalue weighted by molar-refractivity contribution is 5.93. The molecule has 0 aromatic heterocycles. The first-order chi connectivity index (χ1) is 10.2. The largest absolute Gasteiger partial charge is 0.493 e. The Kier molecular flexibility index (Phi) is 5.41. The van der Waals surface area contributed by atoms with Crippen molar-refractivity contribution < 1.29 is 19.4 Å². The number of anilines is 1. The number of aliphatic hydroxyl groups is 1. The van der Waals surface area contributed by atoms with Crippen molar-refractivity contribution in [1.82, 2.24) is 5.32 Å². The fourth-order valence-electron chi connectivity index (χ4n) is 2.42. The van der Waals surface area contributed by atoms with Crippen molar-refractivity contribution in [3.8, 4) is 11.5 Å². The number of methoxy groups -OCH3 is 1. The minimum atomic E-state index is -0.0784. The van der Waals surface area contributed by atoms with E-state index in [9.17, 15) is 4.79 Å². The molecule has 1 aliphatic heterocycles. The molecule has 0 spiro atoms. The quantitative estimate of drug-likeness (QED) is 0.725. The van der Waals surface area contributed by atoms with Crippen LogP contribution in [0.1, 0.15) is 6.92 Å². The lowest BCUT2D eigenvalue weighted by Gasteiger charge is -2.16. The van der Waals surface area contributed by atoms with Gasteiger partial charge in [-0.05, 0) is 24.6 Å². The molecule has 0 saturated carbocycles. The summed E-state index contributed by atoms with van der Waals surface area (Å²) in [7, 11) is 1.55. The van der Waals surface area contributed by atoms with Gasteiger partial charge in [-0.15, -0.1) is 0 Å². The number of ether oxygens (including phenoxy) is 2. The zero-order valence-corrected chi connectivity index (χ0v) is 12.4. The van der Waals surface area contributed by atoms with E-state index in [-0.39, 0.29) is 25.0 Å². The second-order valence-corrected chi connectivity index (χ2v) is 5.17. The number of carbonyl (C=O) groups excluding carboxylic acids is 1. The van der Waals surface area contributed by atoms with Crippen molar-refractivity contribution in [2.24, 2.45) is 11.8 Å². The smallest absolute Gasteiger partial charge is 0.229 e. The molecule has 1 fully saturated rings. The summed E-state index contributed by atoms with van der Waals surface area (Å²) >= 11 is 0. The molecule has 0 unspecified atom stereocenters. The standard InChI is InChI=1S/C15H22N2O4/c1-10-8-16-9-12(10)15(19)17-11-3-4-13(20-2)14(7-11)21-6-5-18/h3-4,7,10,12,16,18H,5-6,8-9H2,1-2H3,(H,17,19)/t10-,12-/m1/s1. The minimum absolute atomic E-state index is 0.00535. The van der Waals surface area contributed by atoms with Gasteiger partial charge in [0.15, 0.2) is 11.5 Å². The molecule has 116 valence electrons. The molecule has 2 rings (SSSR count). The van der Waals surface area contributed by atoms with Gasteiger partial charge in [-0.2, -0.15) is 0 Å². The third-order valence-electron chi connectivity index (χ3n) is 3.63. The monoisotopic (exact) mass is 294 g/mol. The molecule has 0 bridgehead atoms. The van der Waals surface area contributed by atoms with E-state index in [1.54, 1.807) is 25.3 Å². The molecule has 6 heteroatoms. The zero-order valence-electron chi connectivity index (χ0n) is 12.4. The average Bonchev–Trinajstić information content (AvgIpc) is 2.91. The second-order valence-electron chi connectivity index (χ2n) is 5.17. The molecule has 1 saturated heterocycles. The molecule has 2 atom stereocenters. The summed E-state index contributed by atoms with van der Waals surface area (Å²) in [6, 6.07) is 5.22. The van der Waals surface area contributed by atoms with Gasteiger partial charge in [0.05, 0.1) is 19.6 Å². The van der Waals surface area contributed by atoms with Crippen molar-refractivity contribution in [2.75, 3.05) is 38.7 Å². The van der Waals surface area contributed by atoms with E-state index in [4.69, 9.17) is 14.6 Å². The maximum absolute atomic E-state index is 12.2. The highest BCUT2D eigenvalue weighted by Crippen LogP contribution is 2.30. The van der Waals surface area contributed by atoms with Gasteiger partial charge in [-0.25, -0.2) is 0 Å². The SMILES string of the molecule is COc1ccc(NC(=O)[C@@H]2CNC[C@H]2C)cc1OCCO. The number of nitrogens with one attached hydrogen (secondary N) is 2. The third-order valence-corrected chi connectivity index (χ3v) is 3.63. The molecule has 1 aliphatic rings. The number of carbonyl (C=O) groups is 1. The Balaban J connectivity index is 2.07. The first-order valence-electron chi connectivity index (χ1n) is 7.09. The first kappa shape index (κ1) is 15.6. The van der Waals surface area contributed by atoms with Gasteiger partial charge < -0.3 is 25.2 Å². The average molecular weight is 294 g/mol. The van der Waals surface area contributed by atoms with Gasteiger partial charge >= 0.3 is 0 Å². The van der Waals surface area contributed by atoms with Crippen molar-refractivity contribution in [1.29, 1.82) is 0 Å². The van der Waals surface area contributed by atoms with Gasteiger partial charge in [0.25, 0.3) is 0 Å². The summed E-state index contributed by atoms with van der Waals surface area (Å²) in [4.78, 5) is 12.2. The normalized spacial score (nSPS) is 21.1. The van der Waals surface area contributed by atoms with E-state index in [0.29, 0.717) is 29.6 Å². The summed E-state index contributed by atoms with van der Waals surface area (Å²) in [5, 5.41) is 15.0. The highest BCUT2D eigenvalue weighted by atomic mass is 16.5. The summed E-state index contributed by atoms with van der Waals surface area (Å²) in [6.45, 7) is 3.74. The summed E-state index contributed by atoms with van der Waals surface area (Å²) < 4.78 is 10.6. The molecule has 0 radical (unpaired) electrons. The molecular weight excluding hydrogens is 272 g/mol. The van der Waals surface area contributed by atoms with Crippen molar-refractivity contribution in [3.63, 3.8) is 0 Å². The fraction of sp³-hybridized carbons (Fsp3) is 0.533. The van der Waals surface area contributed by atoms with Crippen LogP contribution >= 0.6 is 0 Å². The molecule has 1 aromatic rings. The van der Waals surface area contributed by atoms with E-state index >= 15 is 0 Å². The van der Waals surface area contributed by atoms with Crippen LogP contribution in [0.3, 0.4) is 0 Å². The van der Waals surface area contributed by atoms with Crippen LogP contribution < -0.4 is 20.1 Å². The molecular formula is C15H22N2O4. The van der Waals surface area contributed by atoms with Crippen LogP contribution in [-0.2, 0) is 4.79 Å². The van der Waals surface area contributed by atoms with Crippen molar-refractivity contribution in [2.45, 2.75) is 6.92 Å². The lowest BCUT2D eigenvalue weighted by Crippen LogP contribution is -2.27. The predicted octanol–water partition coefficient (Wildman–Crippen LogP) is 0.860. The molecule has 3 N–H and O–H groups in total. The maximum Gasteiger partial charge on any atom is 0.229 e. The van der Waals surface area contributed by atoms with Crippen LogP contribution in [0, 0.1) is 11.8 Å². The number of hydrogen-bond acceptors (Lipinski definition) is 5. The second kappa shape index (κ2) is 7.28. The number of benzene rings is 1. The van der Waals surface area contributed by atoms with Crippen molar-refractivity contribution in [3.05, 3.63) is 18.2 Å². The first-order valence-corrected chi connectivity index (χ1v) is 7.09. The highest BCUT2D eigenvalue weighted by Gasteiger charge is 2.29. The number of rotatable bonds is 6. The van der Waals surface area contributed by atoms with Crippen LogP contribution in [0.25, 0.3) is 0 Å². The molecule has 1 heterocycles. The molecule has 0 aliphatic carbocycles. The molecule has 21 heavy (non-hydrogen) atoms. The molecule has 6 nitrogen and oxygen atoms in total. The number of amides is 1. The predicted molar refractivity (Wildman–Crippen MR) is 79.7 cm³/mol. The zero-order chi connectivity index (χ0) is 15.2. The minimum Gasteiger partial charge on any atom is -0.493 e. The van der Waals surface area contributed by atoms with Crippen LogP contribution in [0.15, 0.2) is 18.2 Å². The van der Waals surface area contributed by atoms with E-state index in [1.165, 1.54) is 0 Å².